The lowest BCUT2D eigenvalue weighted by atomic mass is 10.1. The Morgan fingerprint density at radius 3 is 2.43 bits per heavy atom. The van der Waals surface area contributed by atoms with Gasteiger partial charge in [0, 0.05) is 0 Å². The maximum Gasteiger partial charge on any atom is 0.153 e. The molecule has 3 aromatic rings. The molecule has 21 heavy (non-hydrogen) atoms. The van der Waals surface area contributed by atoms with E-state index < -0.39 is 0 Å². The fourth-order valence-corrected chi connectivity index (χ4v) is 2.56. The fourth-order valence-electron chi connectivity index (χ4n) is 2.56. The van der Waals surface area contributed by atoms with Crippen molar-refractivity contribution in [2.24, 2.45) is 0 Å². The van der Waals surface area contributed by atoms with Gasteiger partial charge in [0.1, 0.15) is 11.6 Å². The molecule has 1 N–H and O–H groups in total. The van der Waals surface area contributed by atoms with Crippen LogP contribution in [0.1, 0.15) is 35.5 Å². The number of aromatic nitrogens is 2. The van der Waals surface area contributed by atoms with Gasteiger partial charge in [-0.25, -0.2) is 4.98 Å². The molecule has 0 amide bonds. The van der Waals surface area contributed by atoms with Crippen molar-refractivity contribution in [2.45, 2.75) is 33.8 Å². The Morgan fingerprint density at radius 1 is 1.00 bits per heavy atom. The molecule has 0 saturated carbocycles. The van der Waals surface area contributed by atoms with Crippen molar-refractivity contribution in [3.63, 3.8) is 0 Å². The first-order valence-electron chi connectivity index (χ1n) is 7.23. The van der Waals surface area contributed by atoms with Crippen molar-refractivity contribution in [1.29, 1.82) is 0 Å². The molecule has 0 bridgehead atoms. The summed E-state index contributed by atoms with van der Waals surface area (Å²) < 4.78 is 5.96. The number of rotatable bonds is 3. The van der Waals surface area contributed by atoms with Gasteiger partial charge in [0.2, 0.25) is 0 Å². The van der Waals surface area contributed by atoms with E-state index in [9.17, 15) is 0 Å². The number of nitrogens with zero attached hydrogens (tertiary/aromatic N) is 1. The third-order valence-electron chi connectivity index (χ3n) is 3.66. The summed E-state index contributed by atoms with van der Waals surface area (Å²) in [5, 5.41) is 0. The molecule has 1 unspecified atom stereocenters. The van der Waals surface area contributed by atoms with Crippen molar-refractivity contribution >= 4 is 11.0 Å². The quantitative estimate of drug-likeness (QED) is 0.759. The van der Waals surface area contributed by atoms with Gasteiger partial charge in [0.25, 0.3) is 0 Å². The highest BCUT2D eigenvalue weighted by atomic mass is 16.5. The van der Waals surface area contributed by atoms with Gasteiger partial charge in [-0.3, -0.25) is 0 Å². The number of imidazole rings is 1. The second-order valence-corrected chi connectivity index (χ2v) is 5.67. The Kier molecular flexibility index (Phi) is 3.42. The van der Waals surface area contributed by atoms with Crippen LogP contribution in [0.15, 0.2) is 36.4 Å². The molecular weight excluding hydrogens is 260 g/mol. The van der Waals surface area contributed by atoms with E-state index in [2.05, 4.69) is 42.9 Å². The highest BCUT2D eigenvalue weighted by molar-refractivity contribution is 5.79. The lowest BCUT2D eigenvalue weighted by molar-refractivity contribution is 0.218. The third-order valence-corrected chi connectivity index (χ3v) is 3.66. The number of hydrogen-bond donors (Lipinski definition) is 1. The molecule has 1 heterocycles. The zero-order chi connectivity index (χ0) is 15.0. The molecule has 2 aromatic carbocycles. The largest absolute Gasteiger partial charge is 0.483 e. The van der Waals surface area contributed by atoms with Gasteiger partial charge in [-0.2, -0.15) is 0 Å². The first-order valence-corrected chi connectivity index (χ1v) is 7.23. The van der Waals surface area contributed by atoms with Gasteiger partial charge >= 0.3 is 0 Å². The summed E-state index contributed by atoms with van der Waals surface area (Å²) in [5.74, 6) is 1.72. The molecule has 108 valence electrons. The van der Waals surface area contributed by atoms with Crippen LogP contribution in [0.5, 0.6) is 5.75 Å². The van der Waals surface area contributed by atoms with Crippen LogP contribution in [-0.4, -0.2) is 9.97 Å². The average Bonchev–Trinajstić information content (AvgIpc) is 2.85. The van der Waals surface area contributed by atoms with Gasteiger partial charge in [-0.15, -0.1) is 0 Å². The molecule has 1 aromatic heterocycles. The zero-order valence-corrected chi connectivity index (χ0v) is 12.9. The number of benzene rings is 2. The SMILES string of the molecule is Cc1ccc(OC(C)c2nc3c(C)cc(C)cc3[nH]2)cc1. The molecule has 0 aliphatic rings. The lowest BCUT2D eigenvalue weighted by Crippen LogP contribution is -2.04. The standard InChI is InChI=1S/C18H20N2O/c1-11-5-7-15(8-6-11)21-14(4)18-19-16-10-12(2)9-13(3)17(16)20-18/h5-10,14H,1-4H3,(H,19,20). The third kappa shape index (κ3) is 2.77. The molecule has 0 radical (unpaired) electrons. The van der Waals surface area contributed by atoms with Crippen molar-refractivity contribution in [2.75, 3.05) is 0 Å². The van der Waals surface area contributed by atoms with Crippen LogP contribution < -0.4 is 4.74 Å². The van der Waals surface area contributed by atoms with Crippen LogP contribution in [-0.2, 0) is 0 Å². The molecule has 0 saturated heterocycles. The van der Waals surface area contributed by atoms with Gasteiger partial charge in [0.15, 0.2) is 6.10 Å². The Hall–Kier alpha value is -2.29. The number of aromatic amines is 1. The minimum Gasteiger partial charge on any atom is -0.483 e. The van der Waals surface area contributed by atoms with E-state index in [4.69, 9.17) is 4.74 Å². The summed E-state index contributed by atoms with van der Waals surface area (Å²) >= 11 is 0. The molecule has 0 spiro atoms. The van der Waals surface area contributed by atoms with Crippen molar-refractivity contribution in [3.8, 4) is 5.75 Å². The van der Waals surface area contributed by atoms with E-state index in [0.29, 0.717) is 0 Å². The Balaban J connectivity index is 1.89. The predicted molar refractivity (Wildman–Crippen MR) is 85.8 cm³/mol. The molecular formula is C18H20N2O. The summed E-state index contributed by atoms with van der Waals surface area (Å²) in [4.78, 5) is 8.06. The van der Waals surface area contributed by atoms with Crippen LogP contribution >= 0.6 is 0 Å². The molecule has 0 aliphatic heterocycles. The van der Waals surface area contributed by atoms with Crippen LogP contribution in [0.3, 0.4) is 0 Å². The first-order chi connectivity index (χ1) is 10.0. The molecule has 3 rings (SSSR count). The average molecular weight is 280 g/mol. The smallest absolute Gasteiger partial charge is 0.153 e. The summed E-state index contributed by atoms with van der Waals surface area (Å²) in [5.41, 5.74) is 5.75. The number of nitrogens with one attached hydrogen (secondary N) is 1. The second-order valence-electron chi connectivity index (χ2n) is 5.67. The monoisotopic (exact) mass is 280 g/mol. The minimum absolute atomic E-state index is 0.111. The first kappa shape index (κ1) is 13.7. The van der Waals surface area contributed by atoms with Crippen LogP contribution in [0, 0.1) is 20.8 Å². The summed E-state index contributed by atoms with van der Waals surface area (Å²) in [7, 11) is 0. The number of fused-ring (bicyclic) bond motifs is 1. The molecule has 3 heteroatoms. The van der Waals surface area contributed by atoms with E-state index in [1.165, 1.54) is 16.7 Å². The van der Waals surface area contributed by atoms with Crippen LogP contribution in [0.2, 0.25) is 0 Å². The predicted octanol–water partition coefficient (Wildman–Crippen LogP) is 4.63. The fraction of sp³-hybridized carbons (Fsp3) is 0.278. The van der Waals surface area contributed by atoms with Gasteiger partial charge in [-0.05, 0) is 57.0 Å². The Morgan fingerprint density at radius 2 is 1.71 bits per heavy atom. The summed E-state index contributed by atoms with van der Waals surface area (Å²) in [6, 6.07) is 12.4. The van der Waals surface area contributed by atoms with Crippen molar-refractivity contribution < 1.29 is 4.74 Å². The zero-order valence-electron chi connectivity index (χ0n) is 12.9. The summed E-state index contributed by atoms with van der Waals surface area (Å²) in [6.45, 7) is 8.27. The molecule has 0 fully saturated rings. The minimum atomic E-state index is -0.111. The van der Waals surface area contributed by atoms with E-state index >= 15 is 0 Å². The second kappa shape index (κ2) is 5.24. The van der Waals surface area contributed by atoms with E-state index in [1.54, 1.807) is 0 Å². The maximum atomic E-state index is 5.96. The van der Waals surface area contributed by atoms with E-state index in [1.807, 2.05) is 31.2 Å². The molecule has 0 aliphatic carbocycles. The van der Waals surface area contributed by atoms with Gasteiger partial charge < -0.3 is 9.72 Å². The number of H-pyrrole nitrogens is 1. The van der Waals surface area contributed by atoms with Crippen molar-refractivity contribution in [3.05, 3.63) is 58.9 Å². The van der Waals surface area contributed by atoms with Gasteiger partial charge in [-0.1, -0.05) is 23.8 Å². The normalized spacial score (nSPS) is 12.6. The maximum absolute atomic E-state index is 5.96. The van der Waals surface area contributed by atoms with Gasteiger partial charge in [0.05, 0.1) is 11.0 Å². The van der Waals surface area contributed by atoms with E-state index in [0.717, 1.165) is 22.6 Å². The van der Waals surface area contributed by atoms with E-state index in [-0.39, 0.29) is 6.10 Å². The van der Waals surface area contributed by atoms with Crippen LogP contribution in [0.25, 0.3) is 11.0 Å². The summed E-state index contributed by atoms with van der Waals surface area (Å²) in [6.07, 6.45) is -0.111. The number of ether oxygens (including phenoxy) is 1. The number of aryl methyl sites for hydroxylation is 3. The molecule has 1 atom stereocenters. The molecule has 3 nitrogen and oxygen atoms in total. The Labute approximate surface area is 125 Å². The highest BCUT2D eigenvalue weighted by Gasteiger charge is 2.13. The van der Waals surface area contributed by atoms with Crippen LogP contribution in [0.4, 0.5) is 0 Å². The topological polar surface area (TPSA) is 37.9 Å². The highest BCUT2D eigenvalue weighted by Crippen LogP contribution is 2.24. The number of hydrogen-bond acceptors (Lipinski definition) is 2. The Bertz CT molecular complexity index is 772. The lowest BCUT2D eigenvalue weighted by Gasteiger charge is -2.12. The van der Waals surface area contributed by atoms with Crippen molar-refractivity contribution in [1.82, 2.24) is 9.97 Å².